The predicted molar refractivity (Wildman–Crippen MR) is 114 cm³/mol. The molecule has 0 saturated carbocycles. The van der Waals surface area contributed by atoms with Crippen LogP contribution < -0.4 is 5.63 Å². The molecule has 0 aliphatic carbocycles. The van der Waals surface area contributed by atoms with Crippen molar-refractivity contribution < 1.29 is 19.4 Å². The van der Waals surface area contributed by atoms with Crippen LogP contribution in [0.1, 0.15) is 49.5 Å². The summed E-state index contributed by atoms with van der Waals surface area (Å²) in [5, 5.41) is 22.1. The van der Waals surface area contributed by atoms with Crippen LogP contribution >= 0.6 is 0 Å². The van der Waals surface area contributed by atoms with Crippen LogP contribution in [0.15, 0.2) is 51.7 Å². The van der Waals surface area contributed by atoms with Gasteiger partial charge in [-0.3, -0.25) is 4.79 Å². The Hall–Kier alpha value is -3.34. The molecule has 5 nitrogen and oxygen atoms in total. The van der Waals surface area contributed by atoms with Gasteiger partial charge in [0.15, 0.2) is 11.4 Å². The molecule has 0 amide bonds. The molecule has 29 heavy (non-hydrogen) atoms. The fraction of sp³-hybridized carbons (Fsp3) is 0.250. The molecular formula is C24H24O5. The molecule has 0 radical (unpaired) electrons. The smallest absolute Gasteiger partial charge is 0.336 e. The third-order valence-electron chi connectivity index (χ3n) is 4.66. The van der Waals surface area contributed by atoms with Crippen molar-refractivity contribution >= 4 is 22.8 Å². The number of ketones is 1. The van der Waals surface area contributed by atoms with Crippen molar-refractivity contribution in [3.05, 3.63) is 64.0 Å². The number of phenolic OH excluding ortho intramolecular Hbond substituents is 2. The highest BCUT2D eigenvalue weighted by Crippen LogP contribution is 2.44. The molecule has 0 fully saturated rings. The molecule has 0 bridgehead atoms. The minimum absolute atomic E-state index is 0.0521. The third kappa shape index (κ3) is 3.94. The Morgan fingerprint density at radius 2 is 1.83 bits per heavy atom. The largest absolute Gasteiger partial charge is 0.506 e. The molecule has 2 aromatic carbocycles. The monoisotopic (exact) mass is 392 g/mol. The number of rotatable bonds is 6. The minimum atomic E-state index is -0.609. The van der Waals surface area contributed by atoms with Crippen molar-refractivity contribution in [1.29, 1.82) is 0 Å². The molecule has 1 aromatic heterocycles. The van der Waals surface area contributed by atoms with Gasteiger partial charge >= 0.3 is 5.63 Å². The molecule has 0 unspecified atom stereocenters. The highest BCUT2D eigenvalue weighted by atomic mass is 16.4. The van der Waals surface area contributed by atoms with Gasteiger partial charge < -0.3 is 14.6 Å². The van der Waals surface area contributed by atoms with Crippen LogP contribution in [0.2, 0.25) is 0 Å². The van der Waals surface area contributed by atoms with Crippen LogP contribution in [0.4, 0.5) is 0 Å². The summed E-state index contributed by atoms with van der Waals surface area (Å²) in [5.74, 6) is -0.954. The highest BCUT2D eigenvalue weighted by molar-refractivity contribution is 6.12. The van der Waals surface area contributed by atoms with E-state index < -0.39 is 5.63 Å². The van der Waals surface area contributed by atoms with E-state index in [-0.39, 0.29) is 51.7 Å². The van der Waals surface area contributed by atoms with E-state index in [1.165, 1.54) is 6.07 Å². The molecule has 0 saturated heterocycles. The molecule has 0 atom stereocenters. The Labute approximate surface area is 168 Å². The number of phenols is 2. The fourth-order valence-electron chi connectivity index (χ4n) is 3.30. The van der Waals surface area contributed by atoms with Gasteiger partial charge in [0.05, 0.1) is 10.9 Å². The van der Waals surface area contributed by atoms with Gasteiger partial charge in [-0.15, -0.1) is 0 Å². The molecule has 0 aliphatic heterocycles. The van der Waals surface area contributed by atoms with Crippen molar-refractivity contribution in [1.82, 2.24) is 0 Å². The van der Waals surface area contributed by atoms with E-state index in [0.29, 0.717) is 17.5 Å². The second kappa shape index (κ2) is 8.35. The van der Waals surface area contributed by atoms with Crippen LogP contribution in [0.25, 0.3) is 28.2 Å². The van der Waals surface area contributed by atoms with Crippen molar-refractivity contribution in [2.75, 3.05) is 0 Å². The van der Waals surface area contributed by atoms with Crippen molar-refractivity contribution in [3.8, 4) is 22.6 Å². The van der Waals surface area contributed by atoms with E-state index >= 15 is 0 Å². The second-order valence-electron chi connectivity index (χ2n) is 7.31. The molecule has 0 aliphatic rings. The number of carbonyl (C=O) groups is 1. The van der Waals surface area contributed by atoms with E-state index in [1.807, 2.05) is 45.0 Å². The van der Waals surface area contributed by atoms with Gasteiger partial charge in [-0.05, 0) is 17.9 Å². The normalized spacial score (nSPS) is 11.6. The van der Waals surface area contributed by atoms with Crippen LogP contribution in [0, 0.1) is 5.92 Å². The maximum Gasteiger partial charge on any atom is 0.336 e. The number of hydrogen-bond acceptors (Lipinski definition) is 5. The predicted octanol–water partition coefficient (Wildman–Crippen LogP) is 5.52. The first-order chi connectivity index (χ1) is 13.8. The summed E-state index contributed by atoms with van der Waals surface area (Å²) in [6.07, 6.45) is 4.21. The number of allylic oxidation sites excluding steroid dienone is 1. The lowest BCUT2D eigenvalue weighted by Crippen LogP contribution is -2.05. The summed E-state index contributed by atoms with van der Waals surface area (Å²) >= 11 is 0. The standard InChI is InChI=1S/C24H24O5/c1-4-8-18(25)21-22(27)16(12-11-14(2)3)24-20(23(21)28)17(13-19(26)29-24)15-9-6-5-7-10-15/h5-7,9-14,27-28H,4,8H2,1-3H3. The summed E-state index contributed by atoms with van der Waals surface area (Å²) in [4.78, 5) is 25.0. The van der Waals surface area contributed by atoms with Gasteiger partial charge in [0.1, 0.15) is 17.1 Å². The van der Waals surface area contributed by atoms with Crippen LogP contribution in [0.3, 0.4) is 0 Å². The first-order valence-corrected chi connectivity index (χ1v) is 9.67. The SMILES string of the molecule is CCCC(=O)c1c(O)c(C=CC(C)C)c2oc(=O)cc(-c3ccccc3)c2c1O. The minimum Gasteiger partial charge on any atom is -0.506 e. The Morgan fingerprint density at radius 3 is 2.45 bits per heavy atom. The van der Waals surface area contributed by atoms with Crippen molar-refractivity contribution in [2.45, 2.75) is 33.6 Å². The van der Waals surface area contributed by atoms with Crippen molar-refractivity contribution in [2.24, 2.45) is 5.92 Å². The zero-order valence-electron chi connectivity index (χ0n) is 16.7. The number of fused-ring (bicyclic) bond motifs is 1. The molecule has 3 rings (SSSR count). The lowest BCUT2D eigenvalue weighted by atomic mass is 9.93. The number of carbonyl (C=O) groups excluding carboxylic acids is 1. The van der Waals surface area contributed by atoms with Crippen LogP contribution in [-0.2, 0) is 0 Å². The summed E-state index contributed by atoms with van der Waals surface area (Å²) in [6.45, 7) is 5.77. The van der Waals surface area contributed by atoms with E-state index in [0.717, 1.165) is 0 Å². The van der Waals surface area contributed by atoms with Gasteiger partial charge in [0, 0.05) is 18.1 Å². The molecule has 150 valence electrons. The first-order valence-electron chi connectivity index (χ1n) is 9.67. The maximum absolute atomic E-state index is 12.7. The lowest BCUT2D eigenvalue weighted by Gasteiger charge is -2.15. The molecule has 2 N–H and O–H groups in total. The first kappa shape index (κ1) is 20.4. The highest BCUT2D eigenvalue weighted by Gasteiger charge is 2.26. The number of hydrogen-bond donors (Lipinski definition) is 2. The van der Waals surface area contributed by atoms with Crippen LogP contribution in [-0.4, -0.2) is 16.0 Å². The summed E-state index contributed by atoms with van der Waals surface area (Å²) in [5.41, 5.74) is 0.645. The Morgan fingerprint density at radius 1 is 1.14 bits per heavy atom. The molecule has 1 heterocycles. The lowest BCUT2D eigenvalue weighted by molar-refractivity contribution is 0.0976. The molecule has 0 spiro atoms. The summed E-state index contributed by atoms with van der Waals surface area (Å²) in [7, 11) is 0. The zero-order chi connectivity index (χ0) is 21.1. The van der Waals surface area contributed by atoms with E-state index in [1.54, 1.807) is 18.2 Å². The van der Waals surface area contributed by atoms with E-state index in [2.05, 4.69) is 0 Å². The Bertz CT molecular complexity index is 1140. The average Bonchev–Trinajstić information content (AvgIpc) is 2.67. The van der Waals surface area contributed by atoms with Gasteiger partial charge in [-0.25, -0.2) is 4.79 Å². The second-order valence-corrected chi connectivity index (χ2v) is 7.31. The topological polar surface area (TPSA) is 87.7 Å². The Kier molecular flexibility index (Phi) is 5.87. The maximum atomic E-state index is 12.7. The number of Topliss-reactive ketones (excluding diaryl/α,β-unsaturated/α-hetero) is 1. The molecule has 5 heteroatoms. The Balaban J connectivity index is 2.50. The average molecular weight is 392 g/mol. The quantitative estimate of drug-likeness (QED) is 0.426. The van der Waals surface area contributed by atoms with Gasteiger partial charge in [-0.2, -0.15) is 0 Å². The van der Waals surface area contributed by atoms with Gasteiger partial charge in [-0.1, -0.05) is 63.3 Å². The number of benzene rings is 2. The fourth-order valence-corrected chi connectivity index (χ4v) is 3.30. The zero-order valence-corrected chi connectivity index (χ0v) is 16.7. The van der Waals surface area contributed by atoms with Gasteiger partial charge in [0.2, 0.25) is 0 Å². The van der Waals surface area contributed by atoms with Crippen LogP contribution in [0.5, 0.6) is 11.5 Å². The summed E-state index contributed by atoms with van der Waals surface area (Å²) in [6, 6.07) is 10.4. The third-order valence-corrected chi connectivity index (χ3v) is 4.66. The van der Waals surface area contributed by atoms with E-state index in [4.69, 9.17) is 4.42 Å². The van der Waals surface area contributed by atoms with E-state index in [9.17, 15) is 19.8 Å². The molecule has 3 aromatic rings. The molecular weight excluding hydrogens is 368 g/mol. The van der Waals surface area contributed by atoms with Gasteiger partial charge in [0.25, 0.3) is 0 Å². The number of aromatic hydroxyl groups is 2. The van der Waals surface area contributed by atoms with Crippen molar-refractivity contribution in [3.63, 3.8) is 0 Å². The summed E-state index contributed by atoms with van der Waals surface area (Å²) < 4.78 is 5.41.